The van der Waals surface area contributed by atoms with Crippen molar-refractivity contribution < 1.29 is 14.3 Å². The number of benzene rings is 2. The molecule has 0 spiro atoms. The fraction of sp³-hybridized carbons (Fsp3) is 0.200. The highest BCUT2D eigenvalue weighted by molar-refractivity contribution is 7.71. The first-order chi connectivity index (χ1) is 16.0. The van der Waals surface area contributed by atoms with Gasteiger partial charge in [-0.05, 0) is 36.8 Å². The lowest BCUT2D eigenvalue weighted by molar-refractivity contribution is 0.0978. The van der Waals surface area contributed by atoms with Crippen LogP contribution in [0, 0.1) is 4.77 Å². The van der Waals surface area contributed by atoms with E-state index in [-0.39, 0.29) is 5.78 Å². The number of anilines is 1. The first kappa shape index (κ1) is 22.4. The minimum absolute atomic E-state index is 0.0207. The van der Waals surface area contributed by atoms with Crippen LogP contribution in [0.15, 0.2) is 60.8 Å². The Morgan fingerprint density at radius 3 is 2.45 bits per heavy atom. The first-order valence-corrected chi connectivity index (χ1v) is 10.9. The maximum Gasteiger partial charge on any atom is 0.201 e. The summed E-state index contributed by atoms with van der Waals surface area (Å²) in [5.74, 6) is 1.62. The van der Waals surface area contributed by atoms with E-state index < -0.39 is 0 Å². The van der Waals surface area contributed by atoms with Crippen LogP contribution in [0.5, 0.6) is 11.5 Å². The maximum absolute atomic E-state index is 12.7. The lowest BCUT2D eigenvalue weighted by atomic mass is 10.1. The quantitative estimate of drug-likeness (QED) is 0.289. The molecule has 8 heteroatoms. The molecule has 0 unspecified atom stereocenters. The lowest BCUT2D eigenvalue weighted by Crippen LogP contribution is -2.11. The number of Topliss-reactive ketones (excluding diaryl/α,β-unsaturated/α-hetero) is 1. The zero-order valence-electron chi connectivity index (χ0n) is 18.4. The van der Waals surface area contributed by atoms with Crippen LogP contribution < -0.4 is 15.2 Å². The van der Waals surface area contributed by atoms with Gasteiger partial charge in [-0.25, -0.2) is 4.98 Å². The zero-order valence-corrected chi connectivity index (χ0v) is 19.3. The summed E-state index contributed by atoms with van der Waals surface area (Å²) >= 11 is 5.45. The molecule has 2 N–H and O–H groups in total. The van der Waals surface area contributed by atoms with Gasteiger partial charge < -0.3 is 19.8 Å². The molecule has 0 radical (unpaired) electrons. The van der Waals surface area contributed by atoms with Gasteiger partial charge in [0.15, 0.2) is 17.3 Å². The Kier molecular flexibility index (Phi) is 6.65. The van der Waals surface area contributed by atoms with Crippen LogP contribution in [0.3, 0.4) is 0 Å². The Balaban J connectivity index is 1.47. The van der Waals surface area contributed by atoms with Crippen LogP contribution in [0.25, 0.3) is 22.2 Å². The third-order valence-electron chi connectivity index (χ3n) is 5.46. The van der Waals surface area contributed by atoms with Gasteiger partial charge in [0.1, 0.15) is 5.82 Å². The summed E-state index contributed by atoms with van der Waals surface area (Å²) in [5, 5.41) is 0.716. The number of nitrogens with two attached hydrogens (primary N) is 1. The second-order valence-corrected chi connectivity index (χ2v) is 7.85. The van der Waals surface area contributed by atoms with Gasteiger partial charge in [-0.3, -0.25) is 9.78 Å². The lowest BCUT2D eigenvalue weighted by Gasteiger charge is -2.15. The molecule has 4 rings (SSSR count). The molecule has 0 saturated carbocycles. The summed E-state index contributed by atoms with van der Waals surface area (Å²) in [6.45, 7) is 0.475. The molecule has 0 aliphatic rings. The molecular weight excluding hydrogens is 436 g/mol. The minimum atomic E-state index is 0.0207. The molecule has 0 aliphatic heterocycles. The van der Waals surface area contributed by atoms with E-state index in [1.165, 1.54) is 0 Å². The minimum Gasteiger partial charge on any atom is -0.493 e. The van der Waals surface area contributed by atoms with Crippen molar-refractivity contribution in [3.8, 4) is 22.8 Å². The van der Waals surface area contributed by atoms with E-state index in [0.29, 0.717) is 57.9 Å². The number of rotatable bonds is 8. The van der Waals surface area contributed by atoms with Crippen molar-refractivity contribution in [3.05, 3.63) is 71.1 Å². The molecule has 0 amide bonds. The van der Waals surface area contributed by atoms with E-state index in [0.717, 1.165) is 11.3 Å². The van der Waals surface area contributed by atoms with Crippen LogP contribution in [0.2, 0.25) is 0 Å². The molecule has 0 aliphatic carbocycles. The summed E-state index contributed by atoms with van der Waals surface area (Å²) in [4.78, 5) is 21.6. The summed E-state index contributed by atoms with van der Waals surface area (Å²) in [7, 11) is 3.13. The molecule has 7 nitrogen and oxygen atoms in total. The van der Waals surface area contributed by atoms with Crippen molar-refractivity contribution in [1.29, 1.82) is 0 Å². The average Bonchev–Trinajstić information content (AvgIpc) is 2.85. The third kappa shape index (κ3) is 4.70. The number of nitrogens with zero attached hydrogens (tertiary/aromatic N) is 3. The van der Waals surface area contributed by atoms with Gasteiger partial charge in [-0.1, -0.05) is 30.3 Å². The molecule has 0 bridgehead atoms. The highest BCUT2D eigenvalue weighted by atomic mass is 32.1. The van der Waals surface area contributed by atoms with Gasteiger partial charge in [0.2, 0.25) is 4.77 Å². The van der Waals surface area contributed by atoms with E-state index in [2.05, 4.69) is 9.97 Å². The van der Waals surface area contributed by atoms with E-state index in [1.54, 1.807) is 37.1 Å². The van der Waals surface area contributed by atoms with Gasteiger partial charge in [-0.2, -0.15) is 0 Å². The topological polar surface area (TPSA) is 92.3 Å². The summed E-state index contributed by atoms with van der Waals surface area (Å²) in [5.41, 5.74) is 9.46. The van der Waals surface area contributed by atoms with Crippen molar-refractivity contribution in [2.75, 3.05) is 20.0 Å². The number of ketones is 1. The van der Waals surface area contributed by atoms with Gasteiger partial charge in [0.25, 0.3) is 0 Å². The fourth-order valence-corrected chi connectivity index (χ4v) is 3.96. The van der Waals surface area contributed by atoms with E-state index in [1.807, 2.05) is 42.5 Å². The smallest absolute Gasteiger partial charge is 0.201 e. The molecule has 0 saturated heterocycles. The molecule has 2 heterocycles. The highest BCUT2D eigenvalue weighted by Gasteiger charge is 2.13. The van der Waals surface area contributed by atoms with Crippen molar-refractivity contribution in [3.63, 3.8) is 0 Å². The van der Waals surface area contributed by atoms with Crippen LogP contribution in [-0.2, 0) is 6.54 Å². The Morgan fingerprint density at radius 1 is 1.06 bits per heavy atom. The SMILES string of the molecule is COc1cc2nc(=S)n(CCCC(=O)c3ccc(-c4ccccc4)nc3)c(N)c2cc1OC. The predicted octanol–water partition coefficient (Wildman–Crippen LogP) is 5.09. The molecule has 0 atom stereocenters. The van der Waals surface area contributed by atoms with Crippen LogP contribution >= 0.6 is 12.2 Å². The van der Waals surface area contributed by atoms with Crippen molar-refractivity contribution >= 4 is 34.7 Å². The monoisotopic (exact) mass is 460 g/mol. The number of methoxy groups -OCH3 is 2. The van der Waals surface area contributed by atoms with E-state index in [9.17, 15) is 4.79 Å². The van der Waals surface area contributed by atoms with Crippen molar-refractivity contribution in [2.45, 2.75) is 19.4 Å². The molecule has 2 aromatic heterocycles. The Morgan fingerprint density at radius 2 is 1.79 bits per heavy atom. The number of ether oxygens (including phenoxy) is 2. The number of fused-ring (bicyclic) bond motifs is 1. The van der Waals surface area contributed by atoms with Gasteiger partial charge >= 0.3 is 0 Å². The van der Waals surface area contributed by atoms with Gasteiger partial charge in [-0.15, -0.1) is 0 Å². The Bertz CT molecular complexity index is 1350. The number of pyridine rings is 1. The average molecular weight is 461 g/mol. The normalized spacial score (nSPS) is 10.8. The summed E-state index contributed by atoms with van der Waals surface area (Å²) in [6, 6.07) is 17.1. The molecule has 0 fully saturated rings. The Labute approximate surface area is 196 Å². The number of hydrogen-bond donors (Lipinski definition) is 1. The predicted molar refractivity (Wildman–Crippen MR) is 131 cm³/mol. The zero-order chi connectivity index (χ0) is 23.4. The van der Waals surface area contributed by atoms with Gasteiger partial charge in [0, 0.05) is 41.7 Å². The van der Waals surface area contributed by atoms with Crippen LogP contribution in [0.1, 0.15) is 23.2 Å². The molecule has 2 aromatic carbocycles. The number of hydrogen-bond acceptors (Lipinski definition) is 7. The molecule has 168 valence electrons. The van der Waals surface area contributed by atoms with Crippen molar-refractivity contribution in [2.24, 2.45) is 0 Å². The first-order valence-electron chi connectivity index (χ1n) is 10.5. The number of nitrogen functional groups attached to an aromatic ring is 1. The fourth-order valence-electron chi connectivity index (χ4n) is 3.67. The maximum atomic E-state index is 12.7. The highest BCUT2D eigenvalue weighted by Crippen LogP contribution is 2.33. The summed E-state index contributed by atoms with van der Waals surface area (Å²) < 4.78 is 12.8. The van der Waals surface area contributed by atoms with Gasteiger partial charge in [0.05, 0.1) is 25.4 Å². The third-order valence-corrected chi connectivity index (χ3v) is 5.77. The largest absolute Gasteiger partial charge is 0.493 e. The van der Waals surface area contributed by atoms with E-state index >= 15 is 0 Å². The second kappa shape index (κ2) is 9.79. The standard InChI is InChI=1S/C25H24N4O3S/c1-31-22-13-18-20(14-23(22)32-2)28-25(33)29(24(18)26)12-6-9-21(30)17-10-11-19(27-15-17)16-7-4-3-5-8-16/h3-5,7-8,10-11,13-15H,6,9,12,26H2,1-2H3. The second-order valence-electron chi connectivity index (χ2n) is 7.48. The molecule has 33 heavy (non-hydrogen) atoms. The number of carbonyl (C=O) groups is 1. The van der Waals surface area contributed by atoms with Crippen LogP contribution in [0.4, 0.5) is 5.82 Å². The number of aromatic nitrogens is 3. The number of carbonyl (C=O) groups excluding carboxylic acids is 1. The van der Waals surface area contributed by atoms with Crippen molar-refractivity contribution in [1.82, 2.24) is 14.5 Å². The van der Waals surface area contributed by atoms with E-state index in [4.69, 9.17) is 27.4 Å². The molecule has 4 aromatic rings. The summed E-state index contributed by atoms with van der Waals surface area (Å²) in [6.07, 6.45) is 2.54. The molecular formula is C25H24N4O3S. The Hall–Kier alpha value is -3.78. The van der Waals surface area contributed by atoms with Crippen LogP contribution in [-0.4, -0.2) is 34.5 Å².